The molecule has 0 fully saturated rings. The van der Waals surface area contributed by atoms with Crippen LogP contribution in [-0.2, 0) is 32.0 Å². The van der Waals surface area contributed by atoms with Gasteiger partial charge in [-0.1, -0.05) is 38.5 Å². The van der Waals surface area contributed by atoms with Crippen LogP contribution in [0.25, 0.3) is 10.9 Å². The minimum atomic E-state index is -1.25. The molecule has 12 N–H and O–H groups in total. The Balaban J connectivity index is 1.73. The van der Waals surface area contributed by atoms with E-state index < -0.39 is 47.9 Å². The van der Waals surface area contributed by atoms with Gasteiger partial charge in [0.2, 0.25) is 17.7 Å². The number of aromatic amines is 2. The van der Waals surface area contributed by atoms with Gasteiger partial charge in [0, 0.05) is 48.4 Å². The molecule has 238 valence electrons. The number of carbonyl (C=O) groups is 4. The number of H-pyrrole nitrogens is 2. The zero-order valence-corrected chi connectivity index (χ0v) is 24.9. The molecule has 5 unspecified atom stereocenters. The number of aliphatic imine (C=N–C) groups is 1. The summed E-state index contributed by atoms with van der Waals surface area (Å²) in [6.07, 6.45) is 5.98. The number of nitrogens with one attached hydrogen (secondary N) is 5. The molecule has 0 aliphatic heterocycles. The first-order valence-electron chi connectivity index (χ1n) is 14.5. The molecule has 0 saturated carbocycles. The SMILES string of the molecule is CCC(C)C(NC(=O)C(Cc1cnc[nH]1)NC(=O)C(N)CCCN=C(N)N)C(=O)NC(Cc1c[nH]c2ccccc12)C(=O)O. The topological polar surface area (TPSA) is 259 Å². The lowest BCUT2D eigenvalue weighted by atomic mass is 9.96. The van der Waals surface area contributed by atoms with Gasteiger partial charge in [0.15, 0.2) is 5.96 Å². The van der Waals surface area contributed by atoms with Gasteiger partial charge in [-0.05, 0) is 30.4 Å². The summed E-state index contributed by atoms with van der Waals surface area (Å²) in [7, 11) is 0. The zero-order valence-electron chi connectivity index (χ0n) is 24.9. The van der Waals surface area contributed by atoms with Crippen molar-refractivity contribution in [3.05, 3.63) is 54.2 Å². The standard InChI is InChI=1S/C29H42N10O5/c1-3-16(2)24(27(42)38-23(28(43)44)11-17-13-35-21-9-5-4-7-19(17)21)39-26(41)22(12-18-14-33-15-36-18)37-25(40)20(30)8-6-10-34-29(31)32/h4-5,7,9,13-16,20,22-24,35H,3,6,8,10-12,30H2,1-2H3,(H,33,36)(H,37,40)(H,38,42)(H,39,41)(H,43,44)(H4,31,32,34). The predicted octanol–water partition coefficient (Wildman–Crippen LogP) is -0.358. The summed E-state index contributed by atoms with van der Waals surface area (Å²) in [5.74, 6) is -3.48. The first-order valence-corrected chi connectivity index (χ1v) is 14.5. The number of nitrogens with two attached hydrogens (primary N) is 3. The molecule has 15 heteroatoms. The van der Waals surface area contributed by atoms with Gasteiger partial charge >= 0.3 is 5.97 Å². The van der Waals surface area contributed by atoms with Crippen LogP contribution in [0.3, 0.4) is 0 Å². The Labute approximate surface area is 254 Å². The highest BCUT2D eigenvalue weighted by atomic mass is 16.4. The maximum absolute atomic E-state index is 13.6. The average molecular weight is 611 g/mol. The highest BCUT2D eigenvalue weighted by Crippen LogP contribution is 2.19. The number of hydrogen-bond donors (Lipinski definition) is 9. The molecule has 3 rings (SSSR count). The molecule has 3 aromatic rings. The molecule has 0 saturated heterocycles. The van der Waals surface area contributed by atoms with Crippen LogP contribution in [0.15, 0.2) is 48.0 Å². The largest absolute Gasteiger partial charge is 0.480 e. The van der Waals surface area contributed by atoms with Gasteiger partial charge in [0.1, 0.15) is 18.1 Å². The number of aliphatic carboxylic acids is 1. The third kappa shape index (κ3) is 9.55. The Morgan fingerprint density at radius 1 is 1.00 bits per heavy atom. The molecule has 2 heterocycles. The number of carboxylic acids is 1. The van der Waals surface area contributed by atoms with Crippen molar-refractivity contribution in [2.75, 3.05) is 6.54 Å². The van der Waals surface area contributed by atoms with E-state index in [4.69, 9.17) is 17.2 Å². The second-order valence-electron chi connectivity index (χ2n) is 10.7. The van der Waals surface area contributed by atoms with E-state index in [0.29, 0.717) is 25.1 Å². The fourth-order valence-corrected chi connectivity index (χ4v) is 4.69. The van der Waals surface area contributed by atoms with Gasteiger partial charge in [-0.15, -0.1) is 0 Å². The minimum Gasteiger partial charge on any atom is -0.480 e. The lowest BCUT2D eigenvalue weighted by Crippen LogP contribution is -2.59. The van der Waals surface area contributed by atoms with E-state index in [1.165, 1.54) is 12.5 Å². The van der Waals surface area contributed by atoms with Gasteiger partial charge < -0.3 is 48.2 Å². The summed E-state index contributed by atoms with van der Waals surface area (Å²) in [6, 6.07) is 3.09. The van der Waals surface area contributed by atoms with Crippen molar-refractivity contribution >= 4 is 40.6 Å². The van der Waals surface area contributed by atoms with Crippen LogP contribution in [0.4, 0.5) is 0 Å². The number of fused-ring (bicyclic) bond motifs is 1. The number of nitrogens with zero attached hydrogens (tertiary/aromatic N) is 2. The number of aromatic nitrogens is 3. The third-order valence-corrected chi connectivity index (χ3v) is 7.42. The average Bonchev–Trinajstić information content (AvgIpc) is 3.66. The molecule has 0 aliphatic carbocycles. The maximum atomic E-state index is 13.6. The highest BCUT2D eigenvalue weighted by Gasteiger charge is 2.33. The van der Waals surface area contributed by atoms with Crippen LogP contribution in [0.5, 0.6) is 0 Å². The van der Waals surface area contributed by atoms with Crippen LogP contribution in [0, 0.1) is 5.92 Å². The van der Waals surface area contributed by atoms with Crippen molar-refractivity contribution in [3.63, 3.8) is 0 Å². The van der Waals surface area contributed by atoms with Gasteiger partial charge in [-0.2, -0.15) is 0 Å². The predicted molar refractivity (Wildman–Crippen MR) is 165 cm³/mol. The summed E-state index contributed by atoms with van der Waals surface area (Å²) in [5.41, 5.74) is 18.8. The molecule has 2 aromatic heterocycles. The highest BCUT2D eigenvalue weighted by molar-refractivity contribution is 5.94. The summed E-state index contributed by atoms with van der Waals surface area (Å²) in [4.78, 5) is 66.0. The Hall–Kier alpha value is -4.92. The van der Waals surface area contributed by atoms with E-state index in [-0.39, 0.29) is 31.1 Å². The van der Waals surface area contributed by atoms with Gasteiger partial charge in [0.05, 0.1) is 12.4 Å². The van der Waals surface area contributed by atoms with Crippen molar-refractivity contribution < 1.29 is 24.3 Å². The van der Waals surface area contributed by atoms with Crippen molar-refractivity contribution in [3.8, 4) is 0 Å². The van der Waals surface area contributed by atoms with E-state index in [1.807, 2.05) is 31.2 Å². The molecule has 0 bridgehead atoms. The maximum Gasteiger partial charge on any atom is 0.326 e. The molecule has 1 aromatic carbocycles. The molecular formula is C29H42N10O5. The van der Waals surface area contributed by atoms with Crippen molar-refractivity contribution in [1.82, 2.24) is 30.9 Å². The number of amides is 3. The van der Waals surface area contributed by atoms with Crippen LogP contribution in [0.1, 0.15) is 44.4 Å². The Bertz CT molecular complexity index is 1430. The smallest absolute Gasteiger partial charge is 0.326 e. The Kier molecular flexibility index (Phi) is 12.3. The van der Waals surface area contributed by atoms with Crippen LogP contribution in [0.2, 0.25) is 0 Å². The number of imidazole rings is 1. The lowest BCUT2D eigenvalue weighted by Gasteiger charge is -2.28. The minimum absolute atomic E-state index is 0.0336. The van der Waals surface area contributed by atoms with E-state index >= 15 is 0 Å². The lowest BCUT2D eigenvalue weighted by molar-refractivity contribution is -0.142. The summed E-state index contributed by atoms with van der Waals surface area (Å²) in [6.45, 7) is 3.92. The quantitative estimate of drug-likeness (QED) is 0.0548. The zero-order chi connectivity index (χ0) is 32.2. The number of para-hydroxylation sites is 1. The second-order valence-corrected chi connectivity index (χ2v) is 10.7. The number of carboxylic acid groups (broad SMARTS) is 1. The molecule has 0 radical (unpaired) electrons. The molecule has 44 heavy (non-hydrogen) atoms. The molecule has 15 nitrogen and oxygen atoms in total. The molecule has 3 amide bonds. The number of hydrogen-bond acceptors (Lipinski definition) is 7. The van der Waals surface area contributed by atoms with Crippen LogP contribution in [-0.4, -0.2) is 80.4 Å². The second kappa shape index (κ2) is 16.1. The number of guanidine groups is 1. The molecule has 0 spiro atoms. The fourth-order valence-electron chi connectivity index (χ4n) is 4.69. The van der Waals surface area contributed by atoms with Gasteiger partial charge in [-0.3, -0.25) is 19.4 Å². The first-order chi connectivity index (χ1) is 21.0. The van der Waals surface area contributed by atoms with Gasteiger partial charge in [-0.25, -0.2) is 9.78 Å². The normalized spacial score (nSPS) is 14.5. The Morgan fingerprint density at radius 3 is 2.39 bits per heavy atom. The van der Waals surface area contributed by atoms with Crippen molar-refractivity contribution in [1.29, 1.82) is 0 Å². The summed E-state index contributed by atoms with van der Waals surface area (Å²) in [5, 5.41) is 18.8. The first kappa shape index (κ1) is 33.6. The van der Waals surface area contributed by atoms with E-state index in [0.717, 1.165) is 16.5 Å². The monoisotopic (exact) mass is 610 g/mol. The van der Waals surface area contributed by atoms with Crippen LogP contribution < -0.4 is 33.2 Å². The summed E-state index contributed by atoms with van der Waals surface area (Å²) >= 11 is 0. The van der Waals surface area contributed by atoms with E-state index in [2.05, 4.69) is 35.9 Å². The third-order valence-electron chi connectivity index (χ3n) is 7.42. The Morgan fingerprint density at radius 2 is 1.73 bits per heavy atom. The number of rotatable bonds is 17. The van der Waals surface area contributed by atoms with Crippen molar-refractivity contribution in [2.24, 2.45) is 28.1 Å². The van der Waals surface area contributed by atoms with E-state index in [9.17, 15) is 24.3 Å². The fraction of sp³-hybridized carbons (Fsp3) is 0.448. The summed E-state index contributed by atoms with van der Waals surface area (Å²) < 4.78 is 0. The van der Waals surface area contributed by atoms with E-state index in [1.54, 1.807) is 13.1 Å². The van der Waals surface area contributed by atoms with Gasteiger partial charge in [0.25, 0.3) is 0 Å². The molecular weight excluding hydrogens is 568 g/mol. The number of benzene rings is 1. The molecule has 0 aliphatic rings. The number of carbonyl (C=O) groups excluding carboxylic acids is 3. The molecule has 5 atom stereocenters. The van der Waals surface area contributed by atoms with Crippen LogP contribution >= 0.6 is 0 Å². The van der Waals surface area contributed by atoms with Crippen molar-refractivity contribution in [2.45, 2.75) is 70.1 Å².